The Bertz CT molecular complexity index is 1980. The van der Waals surface area contributed by atoms with Gasteiger partial charge in [-0.1, -0.05) is 103 Å². The van der Waals surface area contributed by atoms with E-state index in [1.807, 2.05) is 0 Å². The number of benzene rings is 6. The Morgan fingerprint density at radius 2 is 1.12 bits per heavy atom. The Hall–Kier alpha value is -5.02. The molecule has 0 N–H and O–H groups in total. The first kappa shape index (κ1) is 23.8. The molecule has 8 rings (SSSR count). The average Bonchev–Trinajstić information content (AvgIpc) is 3.01. The zero-order chi connectivity index (χ0) is 27.5. The van der Waals surface area contributed by atoms with Crippen LogP contribution < -0.4 is 25.9 Å². The fourth-order valence-electron chi connectivity index (χ4n) is 6.45. The van der Waals surface area contributed by atoms with Crippen LogP contribution in [-0.2, 0) is 0 Å². The van der Waals surface area contributed by atoms with Crippen LogP contribution in [-0.4, -0.2) is 6.71 Å². The van der Waals surface area contributed by atoms with Gasteiger partial charge in [-0.3, -0.25) is 0 Å². The van der Waals surface area contributed by atoms with Crippen LogP contribution in [0.25, 0.3) is 33.4 Å². The third kappa shape index (κ3) is 3.81. The van der Waals surface area contributed by atoms with Crippen molar-refractivity contribution in [3.05, 3.63) is 139 Å². The minimum atomic E-state index is -0.00829. The van der Waals surface area contributed by atoms with Gasteiger partial charge in [0.25, 0.3) is 6.71 Å². The van der Waals surface area contributed by atoms with Crippen molar-refractivity contribution >= 4 is 23.1 Å². The second kappa shape index (κ2) is 9.28. The Balaban J connectivity index is 1.36. The zero-order valence-corrected chi connectivity index (χ0v) is 23.0. The molecule has 3 heteroatoms. The Labute approximate surface area is 240 Å². The maximum atomic E-state index is 6.80. The van der Waals surface area contributed by atoms with Gasteiger partial charge in [-0.15, -0.1) is 0 Å². The van der Waals surface area contributed by atoms with E-state index in [1.165, 1.54) is 33.4 Å². The lowest BCUT2D eigenvalue weighted by Gasteiger charge is -2.34. The van der Waals surface area contributed by atoms with E-state index < -0.39 is 0 Å². The highest BCUT2D eigenvalue weighted by Gasteiger charge is 2.41. The van der Waals surface area contributed by atoms with Gasteiger partial charge in [-0.2, -0.15) is 0 Å². The van der Waals surface area contributed by atoms with Crippen molar-refractivity contribution in [2.75, 3.05) is 0 Å². The highest BCUT2D eigenvalue weighted by atomic mass is 16.5. The van der Waals surface area contributed by atoms with Gasteiger partial charge in [0.15, 0.2) is 0 Å². The third-order valence-corrected chi connectivity index (χ3v) is 8.52. The van der Waals surface area contributed by atoms with E-state index in [1.54, 1.807) is 0 Å². The van der Waals surface area contributed by atoms with Gasteiger partial charge in [0.2, 0.25) is 0 Å². The third-order valence-electron chi connectivity index (χ3n) is 8.52. The van der Waals surface area contributed by atoms with Gasteiger partial charge < -0.3 is 9.47 Å². The Morgan fingerprint density at radius 3 is 1.90 bits per heavy atom. The van der Waals surface area contributed by atoms with Crippen LogP contribution in [0.1, 0.15) is 11.1 Å². The van der Waals surface area contributed by atoms with E-state index in [9.17, 15) is 0 Å². The summed E-state index contributed by atoms with van der Waals surface area (Å²) in [5.74, 6) is 3.53. The lowest BCUT2D eigenvalue weighted by Crippen LogP contribution is -2.57. The van der Waals surface area contributed by atoms with E-state index >= 15 is 0 Å². The fraction of sp³-hybridized carbons (Fsp3) is 0.0526. The summed E-state index contributed by atoms with van der Waals surface area (Å²) in [6, 6.07) is 45.1. The van der Waals surface area contributed by atoms with Crippen molar-refractivity contribution in [1.82, 2.24) is 0 Å². The SMILES string of the molecule is Cc1ccccc1-c1ccc2c(c1)Oc1ccc(-c3ccccc3C)c3c1B2c1cc(-c2ccccc2)ccc1O3. The molecule has 0 amide bonds. The molecule has 0 fully saturated rings. The first-order chi connectivity index (χ1) is 20.2. The second-order valence-corrected chi connectivity index (χ2v) is 11.0. The van der Waals surface area contributed by atoms with Gasteiger partial charge in [0.05, 0.1) is 0 Å². The van der Waals surface area contributed by atoms with Gasteiger partial charge in [-0.05, 0) is 88.0 Å². The molecular formula is C38H27BO2. The molecule has 6 aromatic carbocycles. The highest BCUT2D eigenvalue weighted by Crippen LogP contribution is 2.42. The van der Waals surface area contributed by atoms with Crippen LogP contribution >= 0.6 is 0 Å². The summed E-state index contributed by atoms with van der Waals surface area (Å²) in [6.45, 7) is 4.30. The Kier molecular flexibility index (Phi) is 5.40. The fourth-order valence-corrected chi connectivity index (χ4v) is 6.45. The molecule has 0 aliphatic carbocycles. The van der Waals surface area contributed by atoms with Crippen molar-refractivity contribution in [2.45, 2.75) is 13.8 Å². The molecule has 0 bridgehead atoms. The first-order valence-corrected chi connectivity index (χ1v) is 14.1. The van der Waals surface area contributed by atoms with E-state index in [0.717, 1.165) is 50.5 Å². The number of fused-ring (bicyclic) bond motifs is 4. The number of rotatable bonds is 3. The summed E-state index contributed by atoms with van der Waals surface area (Å²) >= 11 is 0. The molecule has 0 aromatic heterocycles. The molecule has 194 valence electrons. The summed E-state index contributed by atoms with van der Waals surface area (Å²) in [7, 11) is 0. The molecule has 2 aliphatic rings. The van der Waals surface area contributed by atoms with Crippen LogP contribution in [0.5, 0.6) is 23.0 Å². The van der Waals surface area contributed by atoms with Crippen LogP contribution in [0, 0.1) is 13.8 Å². The zero-order valence-electron chi connectivity index (χ0n) is 23.0. The minimum Gasteiger partial charge on any atom is -0.458 e. The van der Waals surface area contributed by atoms with Gasteiger partial charge in [0, 0.05) is 11.0 Å². The summed E-state index contributed by atoms with van der Waals surface area (Å²) in [6.07, 6.45) is 0. The molecule has 0 atom stereocenters. The lowest BCUT2D eigenvalue weighted by molar-refractivity contribution is 0.466. The largest absolute Gasteiger partial charge is 0.458 e. The summed E-state index contributed by atoms with van der Waals surface area (Å²) < 4.78 is 13.5. The molecule has 2 nitrogen and oxygen atoms in total. The normalized spacial score (nSPS) is 12.5. The van der Waals surface area contributed by atoms with E-state index in [2.05, 4.69) is 141 Å². The topological polar surface area (TPSA) is 18.5 Å². The summed E-state index contributed by atoms with van der Waals surface area (Å²) in [5, 5.41) is 0. The highest BCUT2D eigenvalue weighted by molar-refractivity contribution is 6.98. The molecule has 2 aliphatic heterocycles. The maximum absolute atomic E-state index is 6.80. The van der Waals surface area contributed by atoms with Crippen LogP contribution in [0.3, 0.4) is 0 Å². The molecule has 6 aromatic rings. The van der Waals surface area contributed by atoms with E-state index in [-0.39, 0.29) is 6.71 Å². The minimum absolute atomic E-state index is 0.00829. The second-order valence-electron chi connectivity index (χ2n) is 11.0. The predicted molar refractivity (Wildman–Crippen MR) is 170 cm³/mol. The molecule has 0 saturated heterocycles. The van der Waals surface area contributed by atoms with Gasteiger partial charge in [0.1, 0.15) is 23.0 Å². The van der Waals surface area contributed by atoms with Crippen molar-refractivity contribution in [3.8, 4) is 56.4 Å². The quantitative estimate of drug-likeness (QED) is 0.217. The van der Waals surface area contributed by atoms with E-state index in [0.29, 0.717) is 0 Å². The van der Waals surface area contributed by atoms with Crippen molar-refractivity contribution < 1.29 is 9.47 Å². The first-order valence-electron chi connectivity index (χ1n) is 14.1. The average molecular weight is 526 g/mol. The summed E-state index contributed by atoms with van der Waals surface area (Å²) in [5.41, 5.74) is 12.9. The van der Waals surface area contributed by atoms with Gasteiger partial charge in [-0.25, -0.2) is 0 Å². The molecule has 0 unspecified atom stereocenters. The number of hydrogen-bond donors (Lipinski definition) is 0. The van der Waals surface area contributed by atoms with E-state index in [4.69, 9.17) is 9.47 Å². The van der Waals surface area contributed by atoms with Crippen molar-refractivity contribution in [3.63, 3.8) is 0 Å². The Morgan fingerprint density at radius 1 is 0.439 bits per heavy atom. The van der Waals surface area contributed by atoms with Crippen molar-refractivity contribution in [2.24, 2.45) is 0 Å². The van der Waals surface area contributed by atoms with Crippen molar-refractivity contribution in [1.29, 1.82) is 0 Å². The molecular weight excluding hydrogens is 499 g/mol. The van der Waals surface area contributed by atoms with Crippen LogP contribution in [0.2, 0.25) is 0 Å². The standard InChI is InChI=1S/C38H27BO2/c1-24-10-6-8-14-29(24)28-16-19-32-36(23-28)40-35-21-18-31(30-15-9-7-11-25(30)2)38-37(35)39(32)33-22-27(17-20-34(33)41-38)26-12-4-3-5-13-26/h3-23H,1-2H3. The molecule has 0 radical (unpaired) electrons. The molecule has 0 spiro atoms. The van der Waals surface area contributed by atoms with Gasteiger partial charge >= 0.3 is 0 Å². The number of ether oxygens (including phenoxy) is 2. The van der Waals surface area contributed by atoms with Crippen LogP contribution in [0.4, 0.5) is 0 Å². The molecule has 0 saturated carbocycles. The number of hydrogen-bond acceptors (Lipinski definition) is 2. The van der Waals surface area contributed by atoms with Crippen LogP contribution in [0.15, 0.2) is 127 Å². The maximum Gasteiger partial charge on any atom is 0.260 e. The number of aryl methyl sites for hydroxylation is 2. The lowest BCUT2D eigenvalue weighted by atomic mass is 9.34. The smallest absolute Gasteiger partial charge is 0.260 e. The molecule has 2 heterocycles. The summed E-state index contributed by atoms with van der Waals surface area (Å²) in [4.78, 5) is 0. The monoisotopic (exact) mass is 526 g/mol. The predicted octanol–water partition coefficient (Wildman–Crippen LogP) is 8.03. The molecule has 41 heavy (non-hydrogen) atoms.